The number of aryl methyl sites for hydroxylation is 2. The zero-order chi connectivity index (χ0) is 11.2. The van der Waals surface area contributed by atoms with E-state index in [0.29, 0.717) is 17.1 Å². The summed E-state index contributed by atoms with van der Waals surface area (Å²) < 4.78 is 3.26. The molecule has 0 amide bonds. The lowest BCUT2D eigenvalue weighted by Crippen LogP contribution is -2.21. The van der Waals surface area contributed by atoms with Gasteiger partial charge in [0.25, 0.3) is 5.56 Å². The van der Waals surface area contributed by atoms with Gasteiger partial charge in [0, 0.05) is 21.1 Å². The van der Waals surface area contributed by atoms with Crippen molar-refractivity contribution in [2.45, 2.75) is 6.92 Å². The molecule has 6 nitrogen and oxygen atoms in total. The van der Waals surface area contributed by atoms with Gasteiger partial charge >= 0.3 is 0 Å². The highest BCUT2D eigenvalue weighted by atomic mass is 16.1. The fourth-order valence-corrected chi connectivity index (χ4v) is 1.52. The van der Waals surface area contributed by atoms with Crippen LogP contribution in [0.25, 0.3) is 11.2 Å². The molecule has 0 aliphatic carbocycles. The minimum absolute atomic E-state index is 0.131. The second-order valence-corrected chi connectivity index (χ2v) is 3.44. The number of fused-ring (bicyclic) bond motifs is 1. The molecule has 15 heavy (non-hydrogen) atoms. The van der Waals surface area contributed by atoms with Gasteiger partial charge in [0.1, 0.15) is 5.82 Å². The van der Waals surface area contributed by atoms with Crippen LogP contribution in [0.5, 0.6) is 0 Å². The van der Waals surface area contributed by atoms with Gasteiger partial charge in [0.15, 0.2) is 11.2 Å². The van der Waals surface area contributed by atoms with Gasteiger partial charge in [-0.1, -0.05) is 0 Å². The average Bonchev–Trinajstić information content (AvgIpc) is 2.50. The molecule has 2 rings (SSSR count). The van der Waals surface area contributed by atoms with Gasteiger partial charge < -0.3 is 9.88 Å². The first-order valence-corrected chi connectivity index (χ1v) is 4.64. The molecule has 2 heterocycles. The van der Waals surface area contributed by atoms with Crippen molar-refractivity contribution in [3.8, 4) is 0 Å². The molecule has 0 saturated heterocycles. The van der Waals surface area contributed by atoms with Crippen LogP contribution in [0.2, 0.25) is 0 Å². The predicted molar refractivity (Wildman–Crippen MR) is 58.0 cm³/mol. The van der Waals surface area contributed by atoms with Crippen molar-refractivity contribution in [3.63, 3.8) is 0 Å². The van der Waals surface area contributed by atoms with E-state index >= 15 is 0 Å². The number of aromatic nitrogens is 4. The molecule has 0 aliphatic rings. The van der Waals surface area contributed by atoms with Crippen LogP contribution in [0.4, 0.5) is 5.95 Å². The van der Waals surface area contributed by atoms with Gasteiger partial charge in [0.05, 0.1) is 0 Å². The molecule has 1 N–H and O–H groups in total. The summed E-state index contributed by atoms with van der Waals surface area (Å²) in [6, 6.07) is 0. The van der Waals surface area contributed by atoms with Crippen LogP contribution in [0.3, 0.4) is 0 Å². The first-order valence-electron chi connectivity index (χ1n) is 4.64. The molecule has 80 valence electrons. The van der Waals surface area contributed by atoms with Gasteiger partial charge in [-0.25, -0.2) is 4.98 Å². The lowest BCUT2D eigenvalue weighted by atomic mass is 10.5. The molecule has 0 atom stereocenters. The van der Waals surface area contributed by atoms with Crippen LogP contribution >= 0.6 is 0 Å². The second kappa shape index (κ2) is 3.08. The topological polar surface area (TPSA) is 64.7 Å². The monoisotopic (exact) mass is 207 g/mol. The Kier molecular flexibility index (Phi) is 1.99. The molecule has 0 spiro atoms. The summed E-state index contributed by atoms with van der Waals surface area (Å²) in [5.41, 5.74) is 0.893. The zero-order valence-corrected chi connectivity index (χ0v) is 9.20. The zero-order valence-electron chi connectivity index (χ0n) is 9.20. The Morgan fingerprint density at radius 1 is 1.20 bits per heavy atom. The van der Waals surface area contributed by atoms with Gasteiger partial charge in [0.2, 0.25) is 5.95 Å². The van der Waals surface area contributed by atoms with Crippen molar-refractivity contribution < 1.29 is 0 Å². The maximum Gasteiger partial charge on any atom is 0.282 e. The molecular weight excluding hydrogens is 194 g/mol. The van der Waals surface area contributed by atoms with Crippen LogP contribution in [0, 0.1) is 6.92 Å². The molecule has 0 aromatic carbocycles. The highest BCUT2D eigenvalue weighted by Gasteiger charge is 2.12. The third kappa shape index (κ3) is 1.21. The van der Waals surface area contributed by atoms with Crippen LogP contribution in [-0.2, 0) is 14.1 Å². The van der Waals surface area contributed by atoms with E-state index in [1.807, 2.05) is 14.0 Å². The van der Waals surface area contributed by atoms with Gasteiger partial charge in [-0.15, -0.1) is 0 Å². The third-order valence-electron chi connectivity index (χ3n) is 2.55. The van der Waals surface area contributed by atoms with E-state index in [0.717, 1.165) is 5.82 Å². The SMILES string of the molecule is CNc1nc2c(nc(C)n2C)c(=O)n1C. The van der Waals surface area contributed by atoms with Crippen molar-refractivity contribution in [3.05, 3.63) is 16.2 Å². The first-order chi connectivity index (χ1) is 7.06. The predicted octanol–water partition coefficient (Wildman–Crippen LogP) is 0.0171. The average molecular weight is 207 g/mol. The van der Waals surface area contributed by atoms with Crippen molar-refractivity contribution in [2.75, 3.05) is 12.4 Å². The number of hydrogen-bond acceptors (Lipinski definition) is 4. The molecule has 6 heteroatoms. The van der Waals surface area contributed by atoms with E-state index in [9.17, 15) is 4.79 Å². The molecule has 0 radical (unpaired) electrons. The van der Waals surface area contributed by atoms with Crippen LogP contribution in [0.1, 0.15) is 5.82 Å². The van der Waals surface area contributed by atoms with Crippen LogP contribution in [-0.4, -0.2) is 26.1 Å². The number of anilines is 1. The van der Waals surface area contributed by atoms with E-state index in [-0.39, 0.29) is 5.56 Å². The Morgan fingerprint density at radius 2 is 1.87 bits per heavy atom. The molecular formula is C9H13N5O. The Bertz CT molecular complexity index is 580. The maximum atomic E-state index is 11.9. The van der Waals surface area contributed by atoms with Crippen molar-refractivity contribution >= 4 is 17.1 Å². The summed E-state index contributed by atoms with van der Waals surface area (Å²) in [4.78, 5) is 20.4. The summed E-state index contributed by atoms with van der Waals surface area (Å²) in [7, 11) is 5.25. The minimum atomic E-state index is -0.131. The number of hydrogen-bond donors (Lipinski definition) is 1. The molecule has 0 fully saturated rings. The summed E-state index contributed by atoms with van der Waals surface area (Å²) in [6.07, 6.45) is 0. The van der Waals surface area contributed by atoms with Crippen molar-refractivity contribution in [2.24, 2.45) is 14.1 Å². The smallest absolute Gasteiger partial charge is 0.282 e. The lowest BCUT2D eigenvalue weighted by Gasteiger charge is -2.05. The van der Waals surface area contributed by atoms with Crippen LogP contribution < -0.4 is 10.9 Å². The van der Waals surface area contributed by atoms with E-state index < -0.39 is 0 Å². The van der Waals surface area contributed by atoms with Crippen molar-refractivity contribution in [1.82, 2.24) is 19.1 Å². The Balaban J connectivity index is 2.97. The lowest BCUT2D eigenvalue weighted by molar-refractivity contribution is 0.836. The number of nitrogens with zero attached hydrogens (tertiary/aromatic N) is 4. The van der Waals surface area contributed by atoms with Gasteiger partial charge in [-0.3, -0.25) is 9.36 Å². The fraction of sp³-hybridized carbons (Fsp3) is 0.444. The summed E-state index contributed by atoms with van der Waals surface area (Å²) in [5, 5.41) is 2.88. The van der Waals surface area contributed by atoms with Crippen LogP contribution in [0.15, 0.2) is 4.79 Å². The fourth-order valence-electron chi connectivity index (χ4n) is 1.52. The molecule has 0 saturated carbocycles. The number of imidazole rings is 1. The van der Waals surface area contributed by atoms with E-state index in [1.54, 1.807) is 18.7 Å². The van der Waals surface area contributed by atoms with E-state index in [2.05, 4.69) is 15.3 Å². The minimum Gasteiger partial charge on any atom is -0.359 e. The van der Waals surface area contributed by atoms with E-state index in [4.69, 9.17) is 0 Å². The Morgan fingerprint density at radius 3 is 2.47 bits per heavy atom. The summed E-state index contributed by atoms with van der Waals surface area (Å²) >= 11 is 0. The quantitative estimate of drug-likeness (QED) is 0.715. The second-order valence-electron chi connectivity index (χ2n) is 3.44. The highest BCUT2D eigenvalue weighted by molar-refractivity contribution is 5.71. The molecule has 2 aromatic rings. The van der Waals surface area contributed by atoms with E-state index in [1.165, 1.54) is 4.57 Å². The standard InChI is InChI=1S/C9H13N5O/c1-5-11-6-7(13(5)3)12-9(10-2)14(4)8(6)15/h1-4H3,(H,10,12). The number of nitrogens with one attached hydrogen (secondary N) is 1. The summed E-state index contributed by atoms with van der Waals surface area (Å²) in [6.45, 7) is 1.85. The normalized spacial score (nSPS) is 10.9. The molecule has 0 aliphatic heterocycles. The maximum absolute atomic E-state index is 11.9. The first kappa shape index (κ1) is 9.70. The molecule has 2 aromatic heterocycles. The Hall–Kier alpha value is -1.85. The number of rotatable bonds is 1. The van der Waals surface area contributed by atoms with Gasteiger partial charge in [-0.05, 0) is 6.92 Å². The third-order valence-corrected chi connectivity index (χ3v) is 2.55. The van der Waals surface area contributed by atoms with Gasteiger partial charge in [-0.2, -0.15) is 4.98 Å². The Labute approximate surface area is 86.6 Å². The largest absolute Gasteiger partial charge is 0.359 e. The summed E-state index contributed by atoms with van der Waals surface area (Å²) in [5.74, 6) is 1.32. The van der Waals surface area contributed by atoms with Crippen molar-refractivity contribution in [1.29, 1.82) is 0 Å². The highest BCUT2D eigenvalue weighted by Crippen LogP contribution is 2.10. The molecule has 0 unspecified atom stereocenters. The molecule has 0 bridgehead atoms.